The van der Waals surface area contributed by atoms with Crippen molar-refractivity contribution in [1.82, 2.24) is 15.6 Å². The first-order chi connectivity index (χ1) is 13.7. The fourth-order valence-electron chi connectivity index (χ4n) is 4.18. The van der Waals surface area contributed by atoms with Crippen LogP contribution in [-0.4, -0.2) is 34.5 Å². The van der Waals surface area contributed by atoms with Crippen LogP contribution < -0.4 is 15.4 Å². The highest BCUT2D eigenvalue weighted by Gasteiger charge is 2.69. The molecule has 1 aromatic carbocycles. The van der Waals surface area contributed by atoms with E-state index in [0.29, 0.717) is 24.8 Å². The van der Waals surface area contributed by atoms with Gasteiger partial charge in [0.15, 0.2) is 6.61 Å². The second-order valence-corrected chi connectivity index (χ2v) is 8.49. The van der Waals surface area contributed by atoms with E-state index in [1.807, 2.05) is 19.9 Å². The Hall–Kier alpha value is -2.67. The van der Waals surface area contributed by atoms with Gasteiger partial charge in [-0.25, -0.2) is 4.39 Å². The van der Waals surface area contributed by atoms with Gasteiger partial charge in [-0.05, 0) is 56.9 Å². The molecule has 0 unspecified atom stereocenters. The molecule has 0 saturated heterocycles. The Kier molecular flexibility index (Phi) is 4.73. The normalized spacial score (nSPS) is 24.1. The summed E-state index contributed by atoms with van der Waals surface area (Å²) in [5.41, 5.74) is 1.86. The lowest BCUT2D eigenvalue weighted by molar-refractivity contribution is -0.141. The van der Waals surface area contributed by atoms with Gasteiger partial charge < -0.3 is 15.4 Å². The summed E-state index contributed by atoms with van der Waals surface area (Å²) in [5, 5.41) is 6.03. The summed E-state index contributed by atoms with van der Waals surface area (Å²) in [6.45, 7) is 3.61. The molecule has 152 valence electrons. The number of carbonyl (C=O) groups is 2. The molecule has 3 fully saturated rings. The highest BCUT2D eigenvalue weighted by molar-refractivity contribution is 6.30. The van der Waals surface area contributed by atoms with Crippen LogP contribution in [0.2, 0.25) is 5.02 Å². The largest absolute Gasteiger partial charge is 0.484 e. The van der Waals surface area contributed by atoms with Gasteiger partial charge in [-0.3, -0.25) is 14.6 Å². The zero-order valence-corrected chi connectivity index (χ0v) is 16.9. The van der Waals surface area contributed by atoms with Crippen LogP contribution in [0.4, 0.5) is 4.39 Å². The third kappa shape index (κ3) is 3.79. The Morgan fingerprint density at radius 1 is 1.17 bits per heavy atom. The van der Waals surface area contributed by atoms with E-state index in [1.165, 1.54) is 12.1 Å². The molecule has 8 heteroatoms. The molecular formula is C21H21ClFN3O3. The predicted molar refractivity (Wildman–Crippen MR) is 106 cm³/mol. The number of halogens is 2. The van der Waals surface area contributed by atoms with Crippen LogP contribution in [-0.2, 0) is 4.79 Å². The van der Waals surface area contributed by atoms with Crippen molar-refractivity contribution in [1.29, 1.82) is 0 Å². The van der Waals surface area contributed by atoms with Crippen molar-refractivity contribution >= 4 is 23.4 Å². The standard InChI is InChI=1S/C21H21ClFN3O3/c1-12-5-14(7-24-13(12)2)19(28)26-21-9-20(10-21,11-21)25-18(27)8-29-15-3-4-16(22)17(23)6-15/h3-7H,8-11H2,1-2H3,(H,25,27)(H,26,28). The molecule has 6 nitrogen and oxygen atoms in total. The molecule has 3 aliphatic rings. The van der Waals surface area contributed by atoms with Crippen molar-refractivity contribution < 1.29 is 18.7 Å². The second kappa shape index (κ2) is 6.99. The zero-order valence-electron chi connectivity index (χ0n) is 16.1. The zero-order chi connectivity index (χ0) is 20.8. The van der Waals surface area contributed by atoms with E-state index < -0.39 is 5.82 Å². The Balaban J connectivity index is 1.25. The van der Waals surface area contributed by atoms with Gasteiger partial charge >= 0.3 is 0 Å². The molecule has 0 aliphatic heterocycles. The molecule has 3 aliphatic carbocycles. The lowest BCUT2D eigenvalue weighted by Gasteiger charge is -2.70. The number of benzene rings is 1. The molecule has 0 atom stereocenters. The Bertz CT molecular complexity index is 991. The molecule has 1 aromatic heterocycles. The summed E-state index contributed by atoms with van der Waals surface area (Å²) < 4.78 is 18.7. The first-order valence-electron chi connectivity index (χ1n) is 9.34. The van der Waals surface area contributed by atoms with Gasteiger partial charge in [-0.1, -0.05) is 11.6 Å². The number of aromatic nitrogens is 1. The van der Waals surface area contributed by atoms with Crippen LogP contribution in [0.5, 0.6) is 5.75 Å². The minimum atomic E-state index is -0.597. The molecule has 0 radical (unpaired) electrons. The summed E-state index contributed by atoms with van der Waals surface area (Å²) in [6.07, 6.45) is 3.64. The van der Waals surface area contributed by atoms with Gasteiger partial charge in [-0.2, -0.15) is 0 Å². The summed E-state index contributed by atoms with van der Waals surface area (Å²) in [4.78, 5) is 28.9. The topological polar surface area (TPSA) is 80.3 Å². The molecule has 5 rings (SSSR count). The van der Waals surface area contributed by atoms with E-state index in [2.05, 4.69) is 15.6 Å². The van der Waals surface area contributed by atoms with E-state index >= 15 is 0 Å². The predicted octanol–water partition coefficient (Wildman–Crippen LogP) is 3.09. The fourth-order valence-corrected chi connectivity index (χ4v) is 4.30. The second-order valence-electron chi connectivity index (χ2n) is 8.08. The number of rotatable bonds is 6. The molecule has 0 spiro atoms. The Morgan fingerprint density at radius 2 is 1.86 bits per heavy atom. The van der Waals surface area contributed by atoms with Crippen molar-refractivity contribution in [3.63, 3.8) is 0 Å². The molecule has 2 N–H and O–H groups in total. The van der Waals surface area contributed by atoms with Crippen LogP contribution in [0.25, 0.3) is 0 Å². The van der Waals surface area contributed by atoms with Gasteiger partial charge in [0.05, 0.1) is 10.6 Å². The van der Waals surface area contributed by atoms with Crippen molar-refractivity contribution in [2.45, 2.75) is 44.2 Å². The lowest BCUT2D eigenvalue weighted by atomic mass is 9.44. The average molecular weight is 418 g/mol. The Morgan fingerprint density at radius 3 is 2.52 bits per heavy atom. The van der Waals surface area contributed by atoms with E-state index in [0.717, 1.165) is 17.3 Å². The minimum Gasteiger partial charge on any atom is -0.484 e. The maximum absolute atomic E-state index is 13.4. The van der Waals surface area contributed by atoms with Gasteiger partial charge in [0.2, 0.25) is 0 Å². The first-order valence-corrected chi connectivity index (χ1v) is 9.72. The molecule has 29 heavy (non-hydrogen) atoms. The maximum Gasteiger partial charge on any atom is 0.258 e. The van der Waals surface area contributed by atoms with E-state index in [-0.39, 0.29) is 40.3 Å². The SMILES string of the molecule is Cc1cc(C(=O)NC23CC(NC(=O)COc4ccc(Cl)c(F)c4)(C2)C3)cnc1C. The van der Waals surface area contributed by atoms with Crippen molar-refractivity contribution in [2.24, 2.45) is 0 Å². The smallest absolute Gasteiger partial charge is 0.258 e. The van der Waals surface area contributed by atoms with Gasteiger partial charge in [-0.15, -0.1) is 0 Å². The van der Waals surface area contributed by atoms with Crippen molar-refractivity contribution in [3.05, 3.63) is 58.1 Å². The summed E-state index contributed by atoms with van der Waals surface area (Å²) in [6, 6.07) is 5.86. The molecule has 3 saturated carbocycles. The van der Waals surface area contributed by atoms with Crippen LogP contribution in [0, 0.1) is 19.7 Å². The fraction of sp³-hybridized carbons (Fsp3) is 0.381. The number of hydrogen-bond acceptors (Lipinski definition) is 4. The molecule has 2 amide bonds. The highest BCUT2D eigenvalue weighted by Crippen LogP contribution is 2.60. The lowest BCUT2D eigenvalue weighted by Crippen LogP contribution is -2.84. The van der Waals surface area contributed by atoms with Crippen LogP contribution >= 0.6 is 11.6 Å². The number of ether oxygens (including phenoxy) is 1. The minimum absolute atomic E-state index is 0.000377. The van der Waals surface area contributed by atoms with Crippen LogP contribution in [0.3, 0.4) is 0 Å². The number of nitrogens with zero attached hydrogens (tertiary/aromatic N) is 1. The number of pyridine rings is 1. The van der Waals surface area contributed by atoms with Crippen molar-refractivity contribution in [2.75, 3.05) is 6.61 Å². The number of hydrogen-bond donors (Lipinski definition) is 2. The van der Waals surface area contributed by atoms with Crippen LogP contribution in [0.1, 0.15) is 40.9 Å². The maximum atomic E-state index is 13.4. The van der Waals surface area contributed by atoms with Gasteiger partial charge in [0.25, 0.3) is 11.8 Å². The molecule has 1 heterocycles. The third-order valence-electron chi connectivity index (χ3n) is 5.68. The molecular weight excluding hydrogens is 397 g/mol. The molecule has 2 aromatic rings. The van der Waals surface area contributed by atoms with E-state index in [1.54, 1.807) is 6.20 Å². The van der Waals surface area contributed by atoms with E-state index in [4.69, 9.17) is 16.3 Å². The summed E-state index contributed by atoms with van der Waals surface area (Å²) in [5.74, 6) is -0.780. The van der Waals surface area contributed by atoms with E-state index in [9.17, 15) is 14.0 Å². The number of nitrogens with one attached hydrogen (secondary N) is 2. The average Bonchev–Trinajstić information content (AvgIpc) is 2.62. The number of amides is 2. The van der Waals surface area contributed by atoms with Gasteiger partial charge in [0.1, 0.15) is 11.6 Å². The first kappa shape index (κ1) is 19.6. The summed E-state index contributed by atoms with van der Waals surface area (Å²) >= 11 is 5.62. The quantitative estimate of drug-likeness (QED) is 0.756. The number of carbonyl (C=O) groups excluding carboxylic acids is 2. The number of aryl methyl sites for hydroxylation is 2. The van der Waals surface area contributed by atoms with Crippen molar-refractivity contribution in [3.8, 4) is 5.75 Å². The Labute approximate surface area is 172 Å². The third-order valence-corrected chi connectivity index (χ3v) is 5.98. The van der Waals surface area contributed by atoms with Crippen LogP contribution in [0.15, 0.2) is 30.5 Å². The summed E-state index contributed by atoms with van der Waals surface area (Å²) in [7, 11) is 0. The van der Waals surface area contributed by atoms with Gasteiger partial charge in [0, 0.05) is 29.0 Å². The highest BCUT2D eigenvalue weighted by atomic mass is 35.5. The monoisotopic (exact) mass is 417 g/mol. The molecule has 2 bridgehead atoms.